The van der Waals surface area contributed by atoms with Gasteiger partial charge in [-0.05, 0) is 127 Å². The SMILES string of the molecule is CC(C)(CBr)Oc1c(Br)cc(C(C)(C)c2cc(Br)c(OC(C)(C)CBr)c(Br)c2)cc1Br. The standard InChI is InChI=1S/C23H26Br6O2/c1-21(2,11-24)30-19-15(26)7-13(8-16(19)27)23(5,6)14-9-17(28)20(18(29)10-14)31-22(3,4)12-25/h7-10H,11-12H2,1-6H3. The molecule has 0 radical (unpaired) electrons. The van der Waals surface area contributed by atoms with Crippen molar-refractivity contribution < 1.29 is 9.47 Å². The monoisotopic (exact) mass is 808 g/mol. The van der Waals surface area contributed by atoms with Gasteiger partial charge in [-0.3, -0.25) is 0 Å². The molecule has 8 heteroatoms. The van der Waals surface area contributed by atoms with Crippen molar-refractivity contribution in [1.29, 1.82) is 0 Å². The second-order valence-electron chi connectivity index (χ2n) is 9.15. The van der Waals surface area contributed by atoms with E-state index in [1.807, 2.05) is 27.7 Å². The van der Waals surface area contributed by atoms with Crippen molar-refractivity contribution in [2.45, 2.75) is 58.2 Å². The summed E-state index contributed by atoms with van der Waals surface area (Å²) in [5, 5.41) is 1.46. The van der Waals surface area contributed by atoms with E-state index < -0.39 is 0 Å². The second-order valence-corrected chi connectivity index (χ2v) is 13.7. The van der Waals surface area contributed by atoms with Crippen LogP contribution < -0.4 is 9.47 Å². The van der Waals surface area contributed by atoms with Crippen molar-refractivity contribution in [2.24, 2.45) is 0 Å². The van der Waals surface area contributed by atoms with Gasteiger partial charge < -0.3 is 9.47 Å². The number of hydrogen-bond acceptors (Lipinski definition) is 2. The minimum Gasteiger partial charge on any atom is -0.485 e. The Bertz CT molecular complexity index is 832. The predicted molar refractivity (Wildman–Crippen MR) is 153 cm³/mol. The molecular weight excluding hydrogens is 788 g/mol. The third kappa shape index (κ3) is 6.97. The zero-order valence-electron chi connectivity index (χ0n) is 18.3. The molecule has 172 valence electrons. The van der Waals surface area contributed by atoms with Crippen LogP contribution >= 0.6 is 95.6 Å². The number of rotatable bonds is 8. The molecule has 2 rings (SSSR count). The molecule has 0 heterocycles. The zero-order valence-corrected chi connectivity index (χ0v) is 27.8. The normalized spacial score (nSPS) is 12.8. The van der Waals surface area contributed by atoms with Gasteiger partial charge in [0, 0.05) is 16.1 Å². The van der Waals surface area contributed by atoms with Crippen molar-refractivity contribution in [3.63, 3.8) is 0 Å². The van der Waals surface area contributed by atoms with Crippen molar-refractivity contribution in [2.75, 3.05) is 10.7 Å². The van der Waals surface area contributed by atoms with Crippen molar-refractivity contribution in [3.05, 3.63) is 53.3 Å². The van der Waals surface area contributed by atoms with Crippen molar-refractivity contribution in [3.8, 4) is 11.5 Å². The molecule has 0 unspecified atom stereocenters. The summed E-state index contributed by atoms with van der Waals surface area (Å²) in [6.07, 6.45) is 0. The quantitative estimate of drug-likeness (QED) is 0.247. The van der Waals surface area contributed by atoms with Crippen LogP contribution in [-0.2, 0) is 5.41 Å². The first kappa shape index (κ1) is 28.2. The summed E-state index contributed by atoms with van der Waals surface area (Å²) in [5.41, 5.74) is 1.41. The van der Waals surface area contributed by atoms with Gasteiger partial charge in [0.15, 0.2) is 0 Å². The van der Waals surface area contributed by atoms with Gasteiger partial charge in [-0.15, -0.1) is 0 Å². The first-order valence-electron chi connectivity index (χ1n) is 9.62. The zero-order chi connectivity index (χ0) is 23.8. The topological polar surface area (TPSA) is 18.5 Å². The Balaban J connectivity index is 2.48. The van der Waals surface area contributed by atoms with Crippen molar-refractivity contribution in [1.82, 2.24) is 0 Å². The molecule has 0 saturated heterocycles. The highest BCUT2D eigenvalue weighted by Crippen LogP contribution is 2.45. The van der Waals surface area contributed by atoms with Gasteiger partial charge in [0.05, 0.1) is 17.9 Å². The van der Waals surface area contributed by atoms with Crippen LogP contribution in [0, 0.1) is 0 Å². The molecule has 0 aliphatic heterocycles. The maximum absolute atomic E-state index is 6.22. The molecule has 0 aliphatic rings. The maximum Gasteiger partial charge on any atom is 0.148 e. The summed E-state index contributed by atoms with van der Waals surface area (Å²) in [6.45, 7) is 12.6. The molecule has 0 bridgehead atoms. The van der Waals surface area contributed by atoms with Gasteiger partial charge in [0.25, 0.3) is 0 Å². The lowest BCUT2D eigenvalue weighted by Crippen LogP contribution is -2.30. The van der Waals surface area contributed by atoms with Gasteiger partial charge in [0.1, 0.15) is 22.7 Å². The lowest BCUT2D eigenvalue weighted by Gasteiger charge is -2.31. The maximum atomic E-state index is 6.22. The van der Waals surface area contributed by atoms with E-state index in [0.29, 0.717) is 0 Å². The Morgan fingerprint density at radius 2 is 0.839 bits per heavy atom. The van der Waals surface area contributed by atoms with E-state index >= 15 is 0 Å². The minimum atomic E-state index is -0.323. The summed E-state index contributed by atoms with van der Waals surface area (Å²) >= 11 is 21.9. The lowest BCUT2D eigenvalue weighted by molar-refractivity contribution is 0.134. The number of hydrogen-bond donors (Lipinski definition) is 0. The smallest absolute Gasteiger partial charge is 0.148 e. The molecule has 0 fully saturated rings. The third-order valence-corrected chi connectivity index (χ3v) is 9.90. The van der Waals surface area contributed by atoms with Crippen LogP contribution in [0.25, 0.3) is 0 Å². The van der Waals surface area contributed by atoms with Crippen LogP contribution in [0.3, 0.4) is 0 Å². The van der Waals surface area contributed by atoms with Crippen LogP contribution in [0.1, 0.15) is 52.7 Å². The highest BCUT2D eigenvalue weighted by atomic mass is 79.9. The van der Waals surface area contributed by atoms with Crippen LogP contribution in [0.2, 0.25) is 0 Å². The van der Waals surface area contributed by atoms with E-state index in [9.17, 15) is 0 Å². The molecule has 0 atom stereocenters. The summed E-state index contributed by atoms with van der Waals surface area (Å²) in [6, 6.07) is 8.52. The highest BCUT2D eigenvalue weighted by molar-refractivity contribution is 9.11. The summed E-state index contributed by atoms with van der Waals surface area (Å²) in [4.78, 5) is 0. The molecule has 2 aromatic rings. The summed E-state index contributed by atoms with van der Waals surface area (Å²) in [7, 11) is 0. The van der Waals surface area contributed by atoms with Gasteiger partial charge in [-0.2, -0.15) is 0 Å². The molecule has 0 N–H and O–H groups in total. The van der Waals surface area contributed by atoms with Gasteiger partial charge in [0.2, 0.25) is 0 Å². The van der Waals surface area contributed by atoms with E-state index in [4.69, 9.17) is 9.47 Å². The third-order valence-electron chi connectivity index (χ3n) is 4.84. The fraction of sp³-hybridized carbons (Fsp3) is 0.478. The molecule has 0 aliphatic carbocycles. The summed E-state index contributed by atoms with van der Waals surface area (Å²) < 4.78 is 16.1. The first-order chi connectivity index (χ1) is 14.1. The van der Waals surface area contributed by atoms with Crippen LogP contribution in [0.5, 0.6) is 11.5 Å². The highest BCUT2D eigenvalue weighted by Gasteiger charge is 2.29. The van der Waals surface area contributed by atoms with Crippen LogP contribution in [0.4, 0.5) is 0 Å². The Hall–Kier alpha value is 0.920. The fourth-order valence-electron chi connectivity index (χ4n) is 2.81. The van der Waals surface area contributed by atoms with Gasteiger partial charge >= 0.3 is 0 Å². The molecule has 2 nitrogen and oxygen atoms in total. The van der Waals surface area contributed by atoms with E-state index in [1.165, 1.54) is 0 Å². The first-order valence-corrected chi connectivity index (χ1v) is 15.0. The van der Waals surface area contributed by atoms with Crippen LogP contribution in [0.15, 0.2) is 42.2 Å². The average molecular weight is 814 g/mol. The predicted octanol–water partition coefficient (Wildman–Crippen LogP) is 10.2. The molecular formula is C23H26Br6O2. The lowest BCUT2D eigenvalue weighted by atomic mass is 9.78. The summed E-state index contributed by atoms with van der Waals surface area (Å²) in [5.74, 6) is 1.60. The van der Waals surface area contributed by atoms with E-state index in [2.05, 4.69) is 134 Å². The van der Waals surface area contributed by atoms with Gasteiger partial charge in [-0.25, -0.2) is 0 Å². The molecule has 0 amide bonds. The molecule has 0 spiro atoms. The number of ether oxygens (including phenoxy) is 2. The largest absolute Gasteiger partial charge is 0.485 e. The van der Waals surface area contributed by atoms with Gasteiger partial charge in [-0.1, -0.05) is 45.7 Å². The van der Waals surface area contributed by atoms with E-state index in [0.717, 1.165) is 51.2 Å². The Labute approximate surface area is 236 Å². The van der Waals surface area contributed by atoms with E-state index in [-0.39, 0.29) is 16.6 Å². The molecule has 0 saturated carbocycles. The Morgan fingerprint density at radius 3 is 1.06 bits per heavy atom. The van der Waals surface area contributed by atoms with E-state index in [1.54, 1.807) is 0 Å². The molecule has 0 aromatic heterocycles. The minimum absolute atomic E-state index is 0.261. The number of alkyl halides is 2. The number of halogens is 6. The number of benzene rings is 2. The second kappa shape index (κ2) is 10.7. The molecule has 2 aromatic carbocycles. The Morgan fingerprint density at radius 1 is 0.581 bits per heavy atom. The Kier molecular flexibility index (Phi) is 9.70. The average Bonchev–Trinajstić information content (AvgIpc) is 2.67. The van der Waals surface area contributed by atoms with Crippen LogP contribution in [-0.4, -0.2) is 21.9 Å². The van der Waals surface area contributed by atoms with Crippen molar-refractivity contribution >= 4 is 95.6 Å². The fourth-order valence-corrected chi connectivity index (χ4v) is 5.74. The molecule has 31 heavy (non-hydrogen) atoms.